The highest BCUT2D eigenvalue weighted by molar-refractivity contribution is 5.98. The Morgan fingerprint density at radius 2 is 1.68 bits per heavy atom. The van der Waals surface area contributed by atoms with E-state index in [4.69, 9.17) is 4.98 Å². The van der Waals surface area contributed by atoms with Crippen LogP contribution >= 0.6 is 0 Å². The van der Waals surface area contributed by atoms with Crippen molar-refractivity contribution >= 4 is 33.5 Å². The van der Waals surface area contributed by atoms with Crippen molar-refractivity contribution in [3.8, 4) is 33.8 Å². The number of H-pyrrole nitrogens is 2. The van der Waals surface area contributed by atoms with E-state index in [1.165, 1.54) is 0 Å². The second-order valence-electron chi connectivity index (χ2n) is 10.5. The summed E-state index contributed by atoms with van der Waals surface area (Å²) in [7, 11) is 0. The van der Waals surface area contributed by atoms with E-state index in [1.54, 1.807) is 31.0 Å². The molecule has 0 atom stereocenters. The fourth-order valence-corrected chi connectivity index (χ4v) is 4.51. The molecule has 0 fully saturated rings. The van der Waals surface area contributed by atoms with Crippen LogP contribution in [0, 0.1) is 5.41 Å². The van der Waals surface area contributed by atoms with Crippen LogP contribution in [-0.4, -0.2) is 41.0 Å². The van der Waals surface area contributed by atoms with Gasteiger partial charge in [0.05, 0.1) is 34.6 Å². The molecule has 0 aliphatic heterocycles. The third kappa shape index (κ3) is 4.61. The average molecular weight is 503 g/mol. The van der Waals surface area contributed by atoms with Crippen LogP contribution in [0.15, 0.2) is 73.6 Å². The van der Waals surface area contributed by atoms with Gasteiger partial charge in [-0.1, -0.05) is 26.8 Å². The molecule has 0 radical (unpaired) electrons. The molecule has 0 saturated carbocycles. The smallest absolute Gasteiger partial charge is 0.224 e. The number of amides is 1. The summed E-state index contributed by atoms with van der Waals surface area (Å²) in [5.74, 6) is 0.613. The van der Waals surface area contributed by atoms with Crippen molar-refractivity contribution in [3.63, 3.8) is 0 Å². The predicted molar refractivity (Wildman–Crippen MR) is 148 cm³/mol. The van der Waals surface area contributed by atoms with Gasteiger partial charge in [-0.05, 0) is 46.9 Å². The zero-order valence-corrected chi connectivity index (χ0v) is 21.3. The van der Waals surface area contributed by atoms with Crippen LogP contribution in [-0.2, 0) is 4.79 Å². The lowest BCUT2D eigenvalue weighted by atomic mass is 9.92. The normalized spacial score (nSPS) is 11.8. The van der Waals surface area contributed by atoms with E-state index in [2.05, 4.69) is 41.5 Å². The van der Waals surface area contributed by atoms with Gasteiger partial charge in [-0.25, -0.2) is 4.98 Å². The Labute approximate surface area is 218 Å². The van der Waals surface area contributed by atoms with Crippen molar-refractivity contribution in [3.05, 3.63) is 73.6 Å². The van der Waals surface area contributed by atoms with Crippen molar-refractivity contribution in [1.29, 1.82) is 0 Å². The monoisotopic (exact) mass is 502 g/mol. The van der Waals surface area contributed by atoms with Gasteiger partial charge in [0.15, 0.2) is 5.82 Å². The van der Waals surface area contributed by atoms with Crippen LogP contribution < -0.4 is 5.32 Å². The third-order valence-electron chi connectivity index (χ3n) is 6.22. The molecule has 3 N–H and O–H groups in total. The van der Waals surface area contributed by atoms with Gasteiger partial charge in [-0.3, -0.25) is 24.8 Å². The van der Waals surface area contributed by atoms with E-state index in [-0.39, 0.29) is 11.3 Å². The van der Waals surface area contributed by atoms with Crippen molar-refractivity contribution in [1.82, 2.24) is 35.1 Å². The number of rotatable bonds is 5. The molecule has 6 rings (SSSR count). The molecule has 38 heavy (non-hydrogen) atoms. The number of pyridine rings is 3. The van der Waals surface area contributed by atoms with E-state index < -0.39 is 0 Å². The molecule has 0 bridgehead atoms. The highest BCUT2D eigenvalue weighted by Gasteiger charge is 2.18. The summed E-state index contributed by atoms with van der Waals surface area (Å²) in [6, 6.07) is 11.9. The minimum absolute atomic E-state index is 0.0328. The first-order valence-corrected chi connectivity index (χ1v) is 12.3. The van der Waals surface area contributed by atoms with Gasteiger partial charge in [0.1, 0.15) is 5.69 Å². The molecular weight excluding hydrogens is 476 g/mol. The summed E-state index contributed by atoms with van der Waals surface area (Å²) >= 11 is 0. The van der Waals surface area contributed by atoms with Gasteiger partial charge in [-0.2, -0.15) is 5.10 Å². The summed E-state index contributed by atoms with van der Waals surface area (Å²) < 4.78 is 0. The Morgan fingerprint density at radius 3 is 2.50 bits per heavy atom. The SMILES string of the molecule is CC(C)(C)CC(=O)Nc1cncc(-c2ccc3[nH]nc(-c4nc5c(-c6ccncc6)cncc5[nH]4)c3c2)c1. The Balaban J connectivity index is 1.36. The Bertz CT molecular complexity index is 1780. The largest absolute Gasteiger partial charge is 0.335 e. The van der Waals surface area contributed by atoms with Crippen LogP contribution in [0.4, 0.5) is 5.69 Å². The van der Waals surface area contributed by atoms with Crippen molar-refractivity contribution in [2.24, 2.45) is 5.41 Å². The summed E-state index contributed by atoms with van der Waals surface area (Å²) in [5.41, 5.74) is 7.57. The quantitative estimate of drug-likeness (QED) is 0.265. The van der Waals surface area contributed by atoms with Crippen molar-refractivity contribution in [2.75, 3.05) is 5.32 Å². The number of nitrogens with zero attached hydrogens (tertiary/aromatic N) is 5. The van der Waals surface area contributed by atoms with E-state index in [9.17, 15) is 4.79 Å². The Morgan fingerprint density at radius 1 is 0.868 bits per heavy atom. The number of anilines is 1. The maximum atomic E-state index is 12.4. The molecule has 0 aliphatic rings. The van der Waals surface area contributed by atoms with E-state index in [0.29, 0.717) is 23.6 Å². The Kier molecular flexibility index (Phi) is 5.68. The molecule has 5 heterocycles. The standard InChI is InChI=1S/C29H26N8O/c1-29(2,3)12-25(38)33-20-10-19(13-31-14-20)18-4-5-23-21(11-18)27(37-36-23)28-34-24-16-32-15-22(26(24)35-28)17-6-8-30-9-7-17/h4-11,13-16H,12H2,1-3H3,(H,33,38)(H,34,35)(H,36,37). The van der Waals surface area contributed by atoms with E-state index in [0.717, 1.165) is 44.2 Å². The van der Waals surface area contributed by atoms with Gasteiger partial charge in [-0.15, -0.1) is 0 Å². The zero-order chi connectivity index (χ0) is 26.3. The topological polar surface area (TPSA) is 125 Å². The Hall–Kier alpha value is -4.92. The second-order valence-corrected chi connectivity index (χ2v) is 10.5. The molecule has 0 spiro atoms. The lowest BCUT2D eigenvalue weighted by molar-refractivity contribution is -0.117. The summed E-state index contributed by atoms with van der Waals surface area (Å²) in [5, 5.41) is 11.6. The van der Waals surface area contributed by atoms with Crippen LogP contribution in [0.1, 0.15) is 27.2 Å². The molecule has 0 saturated heterocycles. The minimum atomic E-state index is -0.0936. The molecule has 0 unspecified atom stereocenters. The van der Waals surface area contributed by atoms with Gasteiger partial charge >= 0.3 is 0 Å². The first-order chi connectivity index (χ1) is 18.3. The highest BCUT2D eigenvalue weighted by Crippen LogP contribution is 2.33. The summed E-state index contributed by atoms with van der Waals surface area (Å²) in [6.45, 7) is 6.12. The van der Waals surface area contributed by atoms with Crippen molar-refractivity contribution in [2.45, 2.75) is 27.2 Å². The third-order valence-corrected chi connectivity index (χ3v) is 6.22. The molecule has 188 valence electrons. The van der Waals surface area contributed by atoms with Gasteiger partial charge in [0.25, 0.3) is 0 Å². The number of nitrogens with one attached hydrogen (secondary N) is 3. The number of aromatic nitrogens is 7. The molecule has 0 aliphatic carbocycles. The van der Waals surface area contributed by atoms with Gasteiger partial charge < -0.3 is 10.3 Å². The lowest BCUT2D eigenvalue weighted by Gasteiger charge is -2.17. The van der Waals surface area contributed by atoms with E-state index >= 15 is 0 Å². The lowest BCUT2D eigenvalue weighted by Crippen LogP contribution is -2.19. The molecule has 1 amide bonds. The molecule has 9 heteroatoms. The zero-order valence-electron chi connectivity index (χ0n) is 21.3. The number of imidazole rings is 1. The first-order valence-electron chi connectivity index (χ1n) is 12.3. The molecular formula is C29H26N8O. The summed E-state index contributed by atoms with van der Waals surface area (Å²) in [6.07, 6.45) is 11.0. The van der Waals surface area contributed by atoms with Gasteiger partial charge in [0, 0.05) is 47.7 Å². The number of aromatic amines is 2. The number of benzene rings is 1. The summed E-state index contributed by atoms with van der Waals surface area (Å²) in [4.78, 5) is 33.6. The van der Waals surface area contributed by atoms with Crippen LogP contribution in [0.3, 0.4) is 0 Å². The number of hydrogen-bond donors (Lipinski definition) is 3. The second kappa shape index (κ2) is 9.19. The fourth-order valence-electron chi connectivity index (χ4n) is 4.51. The first kappa shape index (κ1) is 23.5. The van der Waals surface area contributed by atoms with E-state index in [1.807, 2.05) is 57.3 Å². The molecule has 5 aromatic heterocycles. The maximum Gasteiger partial charge on any atom is 0.224 e. The number of hydrogen-bond acceptors (Lipinski definition) is 6. The molecule has 1 aromatic carbocycles. The van der Waals surface area contributed by atoms with Crippen LogP contribution in [0.5, 0.6) is 0 Å². The molecule has 6 aromatic rings. The van der Waals surface area contributed by atoms with Gasteiger partial charge in [0.2, 0.25) is 5.91 Å². The predicted octanol–water partition coefficient (Wildman–Crippen LogP) is 6.00. The number of fused-ring (bicyclic) bond motifs is 2. The maximum absolute atomic E-state index is 12.4. The average Bonchev–Trinajstić information content (AvgIpc) is 3.51. The fraction of sp³-hybridized carbons (Fsp3) is 0.172. The number of carbonyl (C=O) groups is 1. The minimum Gasteiger partial charge on any atom is -0.335 e. The van der Waals surface area contributed by atoms with Crippen molar-refractivity contribution < 1.29 is 4.79 Å². The highest BCUT2D eigenvalue weighted by atomic mass is 16.1. The number of carbonyl (C=O) groups excluding carboxylic acids is 1. The molecule has 9 nitrogen and oxygen atoms in total. The van der Waals surface area contributed by atoms with Crippen LogP contribution in [0.2, 0.25) is 0 Å². The van der Waals surface area contributed by atoms with Crippen LogP contribution in [0.25, 0.3) is 55.7 Å².